The first-order valence-corrected chi connectivity index (χ1v) is 14.1. The van der Waals surface area contributed by atoms with Crippen molar-refractivity contribution in [2.24, 2.45) is 11.3 Å². The number of benzene rings is 1. The molecule has 2 amide bonds. The topological polar surface area (TPSA) is 53.1 Å². The van der Waals surface area contributed by atoms with Crippen molar-refractivity contribution in [3.63, 3.8) is 0 Å². The summed E-state index contributed by atoms with van der Waals surface area (Å²) in [5.74, 6) is 0.245. The molecular weight excluding hydrogens is 450 g/mol. The Labute approximate surface area is 219 Å². The third kappa shape index (κ3) is 5.74. The molecule has 1 aromatic carbocycles. The summed E-state index contributed by atoms with van der Waals surface area (Å²) in [4.78, 5) is 32.1. The normalized spacial score (nSPS) is 22.8. The Bertz CT molecular complexity index is 915. The molecule has 0 bridgehead atoms. The summed E-state index contributed by atoms with van der Waals surface area (Å²) in [5.41, 5.74) is 3.49. The minimum absolute atomic E-state index is 0. The first-order valence-electron chi connectivity index (χ1n) is 14.1. The Kier molecular flexibility index (Phi) is 8.33. The second kappa shape index (κ2) is 11.1. The van der Waals surface area contributed by atoms with E-state index in [1.54, 1.807) is 4.90 Å². The second-order valence-electron chi connectivity index (χ2n) is 12.4. The average Bonchev–Trinajstić information content (AvgIpc) is 2.89. The molecule has 4 rings (SSSR count). The zero-order valence-electron chi connectivity index (χ0n) is 23.2. The van der Waals surface area contributed by atoms with E-state index in [0.717, 1.165) is 19.4 Å². The summed E-state index contributed by atoms with van der Waals surface area (Å²) in [6, 6.07) is 9.12. The SMILES string of the molecule is CCN(C(=O)C1CCN(C(=O)OC)CC1)[C@H]1CCC2(CCN(CCC(C)(C)C)CC2)c2ccccc21.[HH]. The highest BCUT2D eigenvalue weighted by molar-refractivity contribution is 5.80. The van der Waals surface area contributed by atoms with Crippen molar-refractivity contribution < 1.29 is 15.8 Å². The van der Waals surface area contributed by atoms with Gasteiger partial charge in [-0.1, -0.05) is 45.0 Å². The fourth-order valence-electron chi connectivity index (χ4n) is 6.72. The van der Waals surface area contributed by atoms with Crippen molar-refractivity contribution in [1.29, 1.82) is 0 Å². The van der Waals surface area contributed by atoms with Crippen molar-refractivity contribution in [3.05, 3.63) is 35.4 Å². The van der Waals surface area contributed by atoms with Gasteiger partial charge >= 0.3 is 6.09 Å². The molecule has 1 aromatic rings. The molecule has 1 aliphatic carbocycles. The molecule has 1 spiro atoms. The van der Waals surface area contributed by atoms with E-state index in [9.17, 15) is 9.59 Å². The molecule has 3 aliphatic rings. The monoisotopic (exact) mass is 499 g/mol. The number of nitrogens with zero attached hydrogens (tertiary/aromatic N) is 3. The molecule has 2 aliphatic heterocycles. The number of carbonyl (C=O) groups excluding carboxylic acids is 2. The van der Waals surface area contributed by atoms with E-state index in [2.05, 4.69) is 61.8 Å². The van der Waals surface area contributed by atoms with Crippen LogP contribution in [0.4, 0.5) is 4.79 Å². The molecule has 2 saturated heterocycles. The summed E-state index contributed by atoms with van der Waals surface area (Å²) in [5, 5.41) is 0. The highest BCUT2D eigenvalue weighted by Gasteiger charge is 2.44. The van der Waals surface area contributed by atoms with E-state index in [0.29, 0.717) is 31.3 Å². The lowest BCUT2D eigenvalue weighted by Gasteiger charge is -2.49. The third-order valence-corrected chi connectivity index (χ3v) is 9.06. The van der Waals surface area contributed by atoms with Crippen LogP contribution >= 0.6 is 0 Å². The van der Waals surface area contributed by atoms with E-state index in [4.69, 9.17) is 4.74 Å². The van der Waals surface area contributed by atoms with Gasteiger partial charge in [0.1, 0.15) is 0 Å². The van der Waals surface area contributed by atoms with E-state index in [1.165, 1.54) is 57.1 Å². The van der Waals surface area contributed by atoms with E-state index in [-0.39, 0.29) is 30.8 Å². The van der Waals surface area contributed by atoms with Crippen LogP contribution in [0.15, 0.2) is 24.3 Å². The van der Waals surface area contributed by atoms with Gasteiger partial charge in [-0.2, -0.15) is 0 Å². The van der Waals surface area contributed by atoms with Crippen LogP contribution in [0, 0.1) is 11.3 Å². The number of amides is 2. The Balaban J connectivity index is 0.00000380. The van der Waals surface area contributed by atoms with Crippen LogP contribution in [0.1, 0.15) is 91.2 Å². The lowest BCUT2D eigenvalue weighted by atomic mass is 9.63. The highest BCUT2D eigenvalue weighted by Crippen LogP contribution is 2.49. The number of piperidine rings is 2. The van der Waals surface area contributed by atoms with Crippen molar-refractivity contribution in [2.75, 3.05) is 46.4 Å². The van der Waals surface area contributed by atoms with Gasteiger partial charge in [-0.3, -0.25) is 4.79 Å². The number of hydrogen-bond acceptors (Lipinski definition) is 4. The van der Waals surface area contributed by atoms with Crippen LogP contribution in [0.25, 0.3) is 0 Å². The fourth-order valence-corrected chi connectivity index (χ4v) is 6.72. The van der Waals surface area contributed by atoms with Crippen molar-refractivity contribution in [2.45, 2.75) is 84.1 Å². The molecule has 202 valence electrons. The van der Waals surface area contributed by atoms with Gasteiger partial charge in [0.05, 0.1) is 13.2 Å². The first-order chi connectivity index (χ1) is 17.2. The summed E-state index contributed by atoms with van der Waals surface area (Å²) in [7, 11) is 1.42. The predicted octanol–water partition coefficient (Wildman–Crippen LogP) is 5.86. The number of likely N-dealkylation sites (tertiary alicyclic amines) is 2. The number of rotatable bonds is 5. The van der Waals surface area contributed by atoms with Gasteiger partial charge in [0, 0.05) is 27.0 Å². The van der Waals surface area contributed by atoms with Crippen molar-refractivity contribution in [1.82, 2.24) is 14.7 Å². The molecule has 0 aromatic heterocycles. The summed E-state index contributed by atoms with van der Waals surface area (Å²) >= 11 is 0. The van der Waals surface area contributed by atoms with Gasteiger partial charge in [-0.25, -0.2) is 4.79 Å². The van der Waals surface area contributed by atoms with Gasteiger partial charge in [0.15, 0.2) is 0 Å². The van der Waals surface area contributed by atoms with Crippen LogP contribution in [-0.4, -0.2) is 73.1 Å². The molecule has 6 heteroatoms. The van der Waals surface area contributed by atoms with Crippen LogP contribution < -0.4 is 0 Å². The van der Waals surface area contributed by atoms with Crippen molar-refractivity contribution in [3.8, 4) is 0 Å². The molecule has 36 heavy (non-hydrogen) atoms. The molecule has 1 atom stereocenters. The van der Waals surface area contributed by atoms with Crippen LogP contribution in [-0.2, 0) is 14.9 Å². The average molecular weight is 500 g/mol. The zero-order chi connectivity index (χ0) is 25.9. The quantitative estimate of drug-likeness (QED) is 0.509. The standard InChI is InChI=1S/C30H47N3O3.H2/c1-6-33(27(34)23-12-18-32(19-13-23)28(35)36-5)26-11-14-30(25-10-8-7-9-24(25)26)16-21-31(22-17-30)20-15-29(2,3)4;/h7-10,23,26H,6,11-22H2,1-5H3;1H/t26-;/m0./s1. The van der Waals surface area contributed by atoms with Crippen LogP contribution in [0.5, 0.6) is 0 Å². The molecular formula is C30H49N3O3. The summed E-state index contributed by atoms with van der Waals surface area (Å²) in [6.45, 7) is 14.6. The minimum atomic E-state index is -0.288. The van der Waals surface area contributed by atoms with E-state index in [1.807, 2.05) is 0 Å². The molecule has 2 heterocycles. The molecule has 6 nitrogen and oxygen atoms in total. The molecule has 0 unspecified atom stereocenters. The number of fused-ring (bicyclic) bond motifs is 2. The maximum Gasteiger partial charge on any atom is 0.409 e. The van der Waals surface area contributed by atoms with Gasteiger partial charge < -0.3 is 19.4 Å². The second-order valence-corrected chi connectivity index (χ2v) is 12.4. The van der Waals surface area contributed by atoms with Crippen molar-refractivity contribution >= 4 is 12.0 Å². The molecule has 0 N–H and O–H groups in total. The van der Waals surface area contributed by atoms with E-state index < -0.39 is 0 Å². The lowest BCUT2D eigenvalue weighted by molar-refractivity contribution is -0.140. The Hall–Kier alpha value is -2.08. The number of carbonyl (C=O) groups is 2. The lowest BCUT2D eigenvalue weighted by Crippen LogP contribution is -2.49. The predicted molar refractivity (Wildman–Crippen MR) is 146 cm³/mol. The maximum absolute atomic E-state index is 13.7. The maximum atomic E-state index is 13.7. The van der Waals surface area contributed by atoms with Gasteiger partial charge in [0.2, 0.25) is 5.91 Å². The number of methoxy groups -OCH3 is 1. The Morgan fingerprint density at radius 3 is 2.33 bits per heavy atom. The molecule has 0 radical (unpaired) electrons. The summed E-state index contributed by atoms with van der Waals surface area (Å²) in [6.07, 6.45) is 7.01. The fraction of sp³-hybridized carbons (Fsp3) is 0.733. The van der Waals surface area contributed by atoms with Gasteiger partial charge in [-0.05, 0) is 93.5 Å². The molecule has 2 fully saturated rings. The first kappa shape index (κ1) is 27.0. The smallest absolute Gasteiger partial charge is 0.409 e. The Morgan fingerprint density at radius 2 is 1.72 bits per heavy atom. The minimum Gasteiger partial charge on any atom is -0.453 e. The van der Waals surface area contributed by atoms with Gasteiger partial charge in [0.25, 0.3) is 0 Å². The highest BCUT2D eigenvalue weighted by atomic mass is 16.5. The third-order valence-electron chi connectivity index (χ3n) is 9.06. The molecule has 0 saturated carbocycles. The van der Waals surface area contributed by atoms with Crippen LogP contribution in [0.2, 0.25) is 0 Å². The Morgan fingerprint density at radius 1 is 1.06 bits per heavy atom. The summed E-state index contributed by atoms with van der Waals surface area (Å²) < 4.78 is 4.87. The zero-order valence-corrected chi connectivity index (χ0v) is 23.2. The largest absolute Gasteiger partial charge is 0.453 e. The van der Waals surface area contributed by atoms with E-state index >= 15 is 0 Å². The number of hydrogen-bond donors (Lipinski definition) is 0. The van der Waals surface area contributed by atoms with Crippen LogP contribution in [0.3, 0.4) is 0 Å². The number of ether oxygens (including phenoxy) is 1. The van der Waals surface area contributed by atoms with Gasteiger partial charge in [-0.15, -0.1) is 0 Å².